The molecule has 0 saturated carbocycles. The standard InChI is InChI=1S/C18H21Cl2N3O2/c19-13-3-4-15(20)14(10-13)18(25)23-9-1-2-16(23)17(24)22-11-12-5-7-21-8-6-12/h3-5,10,16,21H,1-2,6-9,11H2,(H,22,24). The van der Waals surface area contributed by atoms with Crippen LogP contribution in [0.2, 0.25) is 10.0 Å². The van der Waals surface area contributed by atoms with E-state index in [1.54, 1.807) is 23.1 Å². The van der Waals surface area contributed by atoms with Crippen LogP contribution in [0.5, 0.6) is 0 Å². The predicted molar refractivity (Wildman–Crippen MR) is 99.1 cm³/mol. The lowest BCUT2D eigenvalue weighted by molar-refractivity contribution is -0.124. The summed E-state index contributed by atoms with van der Waals surface area (Å²) < 4.78 is 0. The Hall–Kier alpha value is -1.56. The third-order valence-electron chi connectivity index (χ3n) is 4.62. The topological polar surface area (TPSA) is 61.4 Å². The summed E-state index contributed by atoms with van der Waals surface area (Å²) in [6.45, 7) is 2.86. The fraction of sp³-hybridized carbons (Fsp3) is 0.444. The van der Waals surface area contributed by atoms with Crippen LogP contribution in [0.3, 0.4) is 0 Å². The van der Waals surface area contributed by atoms with Gasteiger partial charge in [-0.2, -0.15) is 0 Å². The van der Waals surface area contributed by atoms with Gasteiger partial charge in [0.15, 0.2) is 0 Å². The number of nitrogens with zero attached hydrogens (tertiary/aromatic N) is 1. The zero-order valence-electron chi connectivity index (χ0n) is 13.9. The first-order valence-corrected chi connectivity index (χ1v) is 9.24. The summed E-state index contributed by atoms with van der Waals surface area (Å²) in [5, 5.41) is 7.01. The molecule has 1 aromatic carbocycles. The van der Waals surface area contributed by atoms with Crippen molar-refractivity contribution in [3.63, 3.8) is 0 Å². The lowest BCUT2D eigenvalue weighted by Crippen LogP contribution is -2.46. The van der Waals surface area contributed by atoms with Crippen LogP contribution in [-0.2, 0) is 4.79 Å². The monoisotopic (exact) mass is 381 g/mol. The number of halogens is 2. The molecule has 1 aromatic rings. The molecule has 0 aromatic heterocycles. The minimum absolute atomic E-state index is 0.108. The molecule has 1 atom stereocenters. The third-order valence-corrected chi connectivity index (χ3v) is 5.19. The maximum Gasteiger partial charge on any atom is 0.256 e. The zero-order chi connectivity index (χ0) is 17.8. The molecule has 0 bridgehead atoms. The molecule has 25 heavy (non-hydrogen) atoms. The Kier molecular flexibility index (Phi) is 5.99. The minimum atomic E-state index is -0.454. The van der Waals surface area contributed by atoms with E-state index < -0.39 is 6.04 Å². The van der Waals surface area contributed by atoms with Gasteiger partial charge in [0.1, 0.15) is 6.04 Å². The summed E-state index contributed by atoms with van der Waals surface area (Å²) in [6, 6.07) is 4.34. The molecule has 2 aliphatic heterocycles. The van der Waals surface area contributed by atoms with Crippen LogP contribution in [0.25, 0.3) is 0 Å². The average Bonchev–Trinajstić information content (AvgIpc) is 3.12. The molecular formula is C18H21Cl2N3O2. The van der Waals surface area contributed by atoms with E-state index in [2.05, 4.69) is 16.7 Å². The van der Waals surface area contributed by atoms with E-state index in [4.69, 9.17) is 23.2 Å². The van der Waals surface area contributed by atoms with E-state index in [1.165, 1.54) is 5.57 Å². The molecule has 1 saturated heterocycles. The first-order chi connectivity index (χ1) is 12.1. The van der Waals surface area contributed by atoms with Crippen molar-refractivity contribution in [1.82, 2.24) is 15.5 Å². The van der Waals surface area contributed by atoms with Crippen molar-refractivity contribution in [1.29, 1.82) is 0 Å². The summed E-state index contributed by atoms with van der Waals surface area (Å²) in [6.07, 6.45) is 4.50. The van der Waals surface area contributed by atoms with Crippen molar-refractivity contribution in [2.45, 2.75) is 25.3 Å². The second-order valence-corrected chi connectivity index (χ2v) is 7.16. The second kappa shape index (κ2) is 8.21. The lowest BCUT2D eigenvalue weighted by Gasteiger charge is -2.25. The van der Waals surface area contributed by atoms with Crippen molar-refractivity contribution >= 4 is 35.0 Å². The summed E-state index contributed by atoms with van der Waals surface area (Å²) in [7, 11) is 0. The van der Waals surface area contributed by atoms with E-state index in [9.17, 15) is 9.59 Å². The largest absolute Gasteiger partial charge is 0.351 e. The van der Waals surface area contributed by atoms with Gasteiger partial charge in [-0.1, -0.05) is 34.9 Å². The molecule has 2 amide bonds. The number of nitrogens with one attached hydrogen (secondary N) is 2. The highest BCUT2D eigenvalue weighted by Crippen LogP contribution is 2.26. The molecule has 2 heterocycles. The number of carbonyl (C=O) groups excluding carboxylic acids is 2. The van der Waals surface area contributed by atoms with Gasteiger partial charge in [-0.3, -0.25) is 9.59 Å². The summed E-state index contributed by atoms with van der Waals surface area (Å²) in [5.74, 6) is -0.352. The van der Waals surface area contributed by atoms with Gasteiger partial charge in [-0.25, -0.2) is 0 Å². The highest BCUT2D eigenvalue weighted by molar-refractivity contribution is 6.35. The van der Waals surface area contributed by atoms with E-state index in [0.29, 0.717) is 35.1 Å². The fourth-order valence-electron chi connectivity index (χ4n) is 3.25. The van der Waals surface area contributed by atoms with Crippen molar-refractivity contribution in [2.75, 3.05) is 26.2 Å². The van der Waals surface area contributed by atoms with Gasteiger partial charge in [0, 0.05) is 24.7 Å². The van der Waals surface area contributed by atoms with Gasteiger partial charge < -0.3 is 15.5 Å². The van der Waals surface area contributed by atoms with Crippen LogP contribution in [-0.4, -0.2) is 48.9 Å². The van der Waals surface area contributed by atoms with Gasteiger partial charge in [0.2, 0.25) is 5.91 Å². The molecular weight excluding hydrogens is 361 g/mol. The number of amides is 2. The van der Waals surface area contributed by atoms with Gasteiger partial charge in [-0.15, -0.1) is 0 Å². The Morgan fingerprint density at radius 3 is 2.92 bits per heavy atom. The number of carbonyl (C=O) groups is 2. The molecule has 2 aliphatic rings. The minimum Gasteiger partial charge on any atom is -0.351 e. The molecule has 2 N–H and O–H groups in total. The smallest absolute Gasteiger partial charge is 0.256 e. The number of rotatable bonds is 4. The van der Waals surface area contributed by atoms with E-state index in [-0.39, 0.29) is 11.8 Å². The van der Waals surface area contributed by atoms with Crippen LogP contribution < -0.4 is 10.6 Å². The van der Waals surface area contributed by atoms with Gasteiger partial charge in [0.25, 0.3) is 5.91 Å². The summed E-state index contributed by atoms with van der Waals surface area (Å²) >= 11 is 12.1. The van der Waals surface area contributed by atoms with Crippen molar-refractivity contribution in [3.8, 4) is 0 Å². The Morgan fingerprint density at radius 2 is 2.16 bits per heavy atom. The number of hydrogen-bond donors (Lipinski definition) is 2. The molecule has 7 heteroatoms. The molecule has 3 rings (SSSR count). The molecule has 1 fully saturated rings. The first kappa shape index (κ1) is 18.2. The van der Waals surface area contributed by atoms with Crippen LogP contribution in [0.15, 0.2) is 29.8 Å². The molecule has 0 aliphatic carbocycles. The number of likely N-dealkylation sites (tertiary alicyclic amines) is 1. The SMILES string of the molecule is O=C(NCC1=CCNCC1)C1CCCN1C(=O)c1cc(Cl)ccc1Cl. The highest BCUT2D eigenvalue weighted by Gasteiger charge is 2.35. The number of hydrogen-bond acceptors (Lipinski definition) is 3. The lowest BCUT2D eigenvalue weighted by atomic mass is 10.1. The molecule has 0 spiro atoms. The zero-order valence-corrected chi connectivity index (χ0v) is 15.4. The Labute approximate surface area is 157 Å². The van der Waals surface area contributed by atoms with Crippen molar-refractivity contribution < 1.29 is 9.59 Å². The molecule has 5 nitrogen and oxygen atoms in total. The maximum absolute atomic E-state index is 12.8. The number of benzene rings is 1. The molecule has 1 unspecified atom stereocenters. The summed E-state index contributed by atoms with van der Waals surface area (Å²) in [5.41, 5.74) is 1.57. The van der Waals surface area contributed by atoms with E-state index in [1.807, 2.05) is 0 Å². The van der Waals surface area contributed by atoms with Crippen molar-refractivity contribution in [2.24, 2.45) is 0 Å². The Balaban J connectivity index is 1.67. The molecule has 0 radical (unpaired) electrons. The quantitative estimate of drug-likeness (QED) is 0.788. The first-order valence-electron chi connectivity index (χ1n) is 8.48. The Bertz CT molecular complexity index is 706. The van der Waals surface area contributed by atoms with Gasteiger partial charge in [0.05, 0.1) is 10.6 Å². The second-order valence-electron chi connectivity index (χ2n) is 6.32. The average molecular weight is 382 g/mol. The third kappa shape index (κ3) is 4.35. The Morgan fingerprint density at radius 1 is 1.32 bits per heavy atom. The molecule has 134 valence electrons. The van der Waals surface area contributed by atoms with E-state index >= 15 is 0 Å². The fourth-order valence-corrected chi connectivity index (χ4v) is 3.62. The van der Waals surface area contributed by atoms with Crippen LogP contribution in [0.4, 0.5) is 0 Å². The van der Waals surface area contributed by atoms with Gasteiger partial charge in [-0.05, 0) is 44.0 Å². The van der Waals surface area contributed by atoms with Crippen molar-refractivity contribution in [3.05, 3.63) is 45.5 Å². The van der Waals surface area contributed by atoms with Crippen LogP contribution in [0, 0.1) is 0 Å². The van der Waals surface area contributed by atoms with E-state index in [0.717, 1.165) is 25.9 Å². The highest BCUT2D eigenvalue weighted by atomic mass is 35.5. The van der Waals surface area contributed by atoms with Crippen LogP contribution in [0.1, 0.15) is 29.6 Å². The van der Waals surface area contributed by atoms with Gasteiger partial charge >= 0.3 is 0 Å². The normalized spacial score (nSPS) is 20.3. The van der Waals surface area contributed by atoms with Crippen LogP contribution >= 0.6 is 23.2 Å². The summed E-state index contributed by atoms with van der Waals surface area (Å²) in [4.78, 5) is 27.0. The predicted octanol–water partition coefficient (Wildman–Crippen LogP) is 2.63. The maximum atomic E-state index is 12.8.